The summed E-state index contributed by atoms with van der Waals surface area (Å²) in [4.78, 5) is 4.13. The average Bonchev–Trinajstić information content (AvgIpc) is 2.82. The number of hydrogen-bond donors (Lipinski definition) is 0. The highest BCUT2D eigenvalue weighted by Crippen LogP contribution is 2.24. The zero-order valence-electron chi connectivity index (χ0n) is 10.8. The van der Waals surface area contributed by atoms with Gasteiger partial charge in [0.2, 0.25) is 0 Å². The molecule has 0 fully saturated rings. The van der Waals surface area contributed by atoms with Crippen molar-refractivity contribution < 1.29 is 4.74 Å². The van der Waals surface area contributed by atoms with Gasteiger partial charge in [-0.15, -0.1) is 0 Å². The Morgan fingerprint density at radius 2 is 2.28 bits per heavy atom. The molecule has 0 spiro atoms. The van der Waals surface area contributed by atoms with E-state index in [4.69, 9.17) is 4.74 Å². The summed E-state index contributed by atoms with van der Waals surface area (Å²) in [6.45, 7) is 8.12. The molecule has 0 aliphatic heterocycles. The maximum Gasteiger partial charge on any atom is 0.147 e. The maximum absolute atomic E-state index is 5.69. The molecule has 1 aromatic heterocycles. The first-order valence-electron chi connectivity index (χ1n) is 6.00. The van der Waals surface area contributed by atoms with E-state index in [0.717, 1.165) is 23.7 Å². The van der Waals surface area contributed by atoms with E-state index in [-0.39, 0.29) is 0 Å². The van der Waals surface area contributed by atoms with Crippen LogP contribution in [-0.4, -0.2) is 21.4 Å². The molecule has 0 radical (unpaired) electrons. The highest BCUT2D eigenvalue weighted by molar-refractivity contribution is 5.48. The van der Waals surface area contributed by atoms with E-state index < -0.39 is 0 Å². The molecule has 94 valence electrons. The summed E-state index contributed by atoms with van der Waals surface area (Å²) in [5, 5.41) is 4.30. The zero-order valence-corrected chi connectivity index (χ0v) is 10.8. The van der Waals surface area contributed by atoms with Crippen LogP contribution in [0, 0.1) is 6.92 Å². The molecule has 0 saturated carbocycles. The molecule has 0 N–H and O–H groups in total. The van der Waals surface area contributed by atoms with Crippen molar-refractivity contribution in [2.45, 2.75) is 20.3 Å². The Kier molecular flexibility index (Phi) is 3.77. The van der Waals surface area contributed by atoms with Crippen molar-refractivity contribution in [3.05, 3.63) is 48.6 Å². The number of aromatic nitrogens is 3. The fraction of sp³-hybridized carbons (Fsp3) is 0.286. The van der Waals surface area contributed by atoms with Gasteiger partial charge in [0, 0.05) is 0 Å². The predicted octanol–water partition coefficient (Wildman–Crippen LogP) is 2.70. The lowest BCUT2D eigenvalue weighted by Crippen LogP contribution is -2.02. The van der Waals surface area contributed by atoms with E-state index >= 15 is 0 Å². The maximum atomic E-state index is 5.69. The van der Waals surface area contributed by atoms with Gasteiger partial charge in [0.25, 0.3) is 0 Å². The molecule has 0 aliphatic carbocycles. The van der Waals surface area contributed by atoms with Crippen LogP contribution in [0.5, 0.6) is 5.75 Å². The largest absolute Gasteiger partial charge is 0.487 e. The molecule has 4 nitrogen and oxygen atoms in total. The van der Waals surface area contributed by atoms with Crippen molar-refractivity contribution in [3.8, 4) is 11.4 Å². The minimum absolute atomic E-state index is 0.480. The summed E-state index contributed by atoms with van der Waals surface area (Å²) in [7, 11) is 0. The van der Waals surface area contributed by atoms with E-state index in [1.807, 2.05) is 19.1 Å². The molecule has 0 atom stereocenters. The monoisotopic (exact) mass is 243 g/mol. The molecule has 18 heavy (non-hydrogen) atoms. The number of ether oxygens (including phenoxy) is 1. The molecule has 1 aromatic carbocycles. The number of nitrogens with zero attached hydrogens (tertiary/aromatic N) is 3. The summed E-state index contributed by atoms with van der Waals surface area (Å²) in [5.74, 6) is 1.54. The lowest BCUT2D eigenvalue weighted by Gasteiger charge is -2.11. The van der Waals surface area contributed by atoms with Gasteiger partial charge in [0.15, 0.2) is 0 Å². The first-order valence-corrected chi connectivity index (χ1v) is 6.00. The van der Waals surface area contributed by atoms with Gasteiger partial charge in [0.1, 0.15) is 30.2 Å². The minimum atomic E-state index is 0.480. The molecule has 0 bridgehead atoms. The molecule has 0 saturated heterocycles. The van der Waals surface area contributed by atoms with Crippen LogP contribution in [-0.2, 0) is 6.42 Å². The van der Waals surface area contributed by atoms with Gasteiger partial charge < -0.3 is 4.74 Å². The molecule has 4 heteroatoms. The molecule has 0 unspecified atom stereocenters. The van der Waals surface area contributed by atoms with Gasteiger partial charge in [-0.3, -0.25) is 0 Å². The van der Waals surface area contributed by atoms with Crippen LogP contribution in [0.2, 0.25) is 0 Å². The third-order valence-electron chi connectivity index (χ3n) is 2.64. The van der Waals surface area contributed by atoms with E-state index in [0.29, 0.717) is 6.61 Å². The SMILES string of the molecule is C=CCOc1cc(CC)ccc1-n1cnc(C)n1. The lowest BCUT2D eigenvalue weighted by molar-refractivity contribution is 0.360. The van der Waals surface area contributed by atoms with Crippen molar-refractivity contribution in [2.24, 2.45) is 0 Å². The average molecular weight is 243 g/mol. The second kappa shape index (κ2) is 5.49. The Labute approximate surface area is 107 Å². The Balaban J connectivity index is 2.41. The molecular formula is C14H17N3O. The fourth-order valence-electron chi connectivity index (χ4n) is 1.69. The number of hydrogen-bond acceptors (Lipinski definition) is 3. The Hall–Kier alpha value is -2.10. The first kappa shape index (κ1) is 12.4. The van der Waals surface area contributed by atoms with E-state index in [1.165, 1.54) is 5.56 Å². The number of aryl methyl sites for hydroxylation is 2. The van der Waals surface area contributed by atoms with Crippen LogP contribution < -0.4 is 4.74 Å². The van der Waals surface area contributed by atoms with Crippen molar-refractivity contribution in [1.29, 1.82) is 0 Å². The van der Waals surface area contributed by atoms with Crippen molar-refractivity contribution in [1.82, 2.24) is 14.8 Å². The Bertz CT molecular complexity index is 546. The van der Waals surface area contributed by atoms with Crippen molar-refractivity contribution in [3.63, 3.8) is 0 Å². The van der Waals surface area contributed by atoms with Crippen LogP contribution in [0.1, 0.15) is 18.3 Å². The third kappa shape index (κ3) is 2.59. The van der Waals surface area contributed by atoms with Crippen LogP contribution in [0.4, 0.5) is 0 Å². The quantitative estimate of drug-likeness (QED) is 0.758. The number of rotatable bonds is 5. The topological polar surface area (TPSA) is 39.9 Å². The Morgan fingerprint density at radius 1 is 1.44 bits per heavy atom. The van der Waals surface area contributed by atoms with Crippen LogP contribution in [0.3, 0.4) is 0 Å². The lowest BCUT2D eigenvalue weighted by atomic mass is 10.1. The van der Waals surface area contributed by atoms with Gasteiger partial charge in [-0.2, -0.15) is 5.10 Å². The zero-order chi connectivity index (χ0) is 13.0. The van der Waals surface area contributed by atoms with E-state index in [2.05, 4.69) is 29.7 Å². The van der Waals surface area contributed by atoms with Gasteiger partial charge in [-0.1, -0.05) is 25.6 Å². The first-order chi connectivity index (χ1) is 8.74. The molecule has 2 rings (SSSR count). The van der Waals surface area contributed by atoms with E-state index in [1.54, 1.807) is 17.1 Å². The highest BCUT2D eigenvalue weighted by Gasteiger charge is 2.08. The third-order valence-corrected chi connectivity index (χ3v) is 2.64. The van der Waals surface area contributed by atoms with E-state index in [9.17, 15) is 0 Å². The molecular weight excluding hydrogens is 226 g/mol. The molecule has 0 amide bonds. The molecule has 1 heterocycles. The smallest absolute Gasteiger partial charge is 0.147 e. The second-order valence-electron chi connectivity index (χ2n) is 3.99. The summed E-state index contributed by atoms with van der Waals surface area (Å²) >= 11 is 0. The summed E-state index contributed by atoms with van der Waals surface area (Å²) < 4.78 is 7.42. The van der Waals surface area contributed by atoms with Crippen LogP contribution in [0.15, 0.2) is 37.2 Å². The van der Waals surface area contributed by atoms with Gasteiger partial charge >= 0.3 is 0 Å². The standard InChI is InChI=1S/C14H17N3O/c1-4-8-18-14-9-12(5-2)6-7-13(14)17-10-15-11(3)16-17/h4,6-7,9-10H,1,5,8H2,2-3H3. The van der Waals surface area contributed by atoms with Gasteiger partial charge in [-0.05, 0) is 31.0 Å². The normalized spacial score (nSPS) is 10.3. The predicted molar refractivity (Wildman–Crippen MR) is 71.2 cm³/mol. The van der Waals surface area contributed by atoms with Crippen molar-refractivity contribution >= 4 is 0 Å². The van der Waals surface area contributed by atoms with Gasteiger partial charge in [-0.25, -0.2) is 9.67 Å². The van der Waals surface area contributed by atoms with Crippen LogP contribution >= 0.6 is 0 Å². The van der Waals surface area contributed by atoms with Crippen LogP contribution in [0.25, 0.3) is 5.69 Å². The fourth-order valence-corrected chi connectivity index (χ4v) is 1.69. The summed E-state index contributed by atoms with van der Waals surface area (Å²) in [6.07, 6.45) is 4.40. The van der Waals surface area contributed by atoms with Gasteiger partial charge in [0.05, 0.1) is 0 Å². The number of benzene rings is 1. The Morgan fingerprint density at radius 3 is 2.89 bits per heavy atom. The molecule has 0 aliphatic rings. The molecule has 2 aromatic rings. The second-order valence-corrected chi connectivity index (χ2v) is 3.99. The highest BCUT2D eigenvalue weighted by atomic mass is 16.5. The summed E-state index contributed by atoms with van der Waals surface area (Å²) in [5.41, 5.74) is 2.13. The van der Waals surface area contributed by atoms with Crippen molar-refractivity contribution in [2.75, 3.05) is 6.61 Å². The summed E-state index contributed by atoms with van der Waals surface area (Å²) in [6, 6.07) is 6.12. The minimum Gasteiger partial charge on any atom is -0.487 e.